The predicted octanol–water partition coefficient (Wildman–Crippen LogP) is 3.01. The van der Waals surface area contributed by atoms with Crippen molar-refractivity contribution in [2.45, 2.75) is 13.0 Å². The van der Waals surface area contributed by atoms with Gasteiger partial charge in [0.25, 0.3) is 5.56 Å². The molecule has 0 bridgehead atoms. The molecule has 1 heterocycles. The summed E-state index contributed by atoms with van der Waals surface area (Å²) < 4.78 is 10.3. The van der Waals surface area contributed by atoms with Crippen LogP contribution in [0.5, 0.6) is 5.75 Å². The zero-order valence-electron chi connectivity index (χ0n) is 14.5. The summed E-state index contributed by atoms with van der Waals surface area (Å²) in [5, 5.41) is 3.54. The van der Waals surface area contributed by atoms with Crippen LogP contribution in [0, 0.1) is 0 Å². The second-order valence-corrected chi connectivity index (χ2v) is 5.82. The zero-order chi connectivity index (χ0) is 18.4. The van der Waals surface area contributed by atoms with Crippen LogP contribution in [0.3, 0.4) is 0 Å². The molecule has 0 atom stereocenters. The van der Waals surface area contributed by atoms with E-state index in [1.54, 1.807) is 19.2 Å². The van der Waals surface area contributed by atoms with E-state index in [2.05, 4.69) is 10.3 Å². The summed E-state index contributed by atoms with van der Waals surface area (Å²) in [6.45, 7) is 0.523. The number of pyridine rings is 1. The Bertz CT molecular complexity index is 951. The molecular weight excluding hydrogens is 332 g/mol. The van der Waals surface area contributed by atoms with Crippen LogP contribution >= 0.6 is 0 Å². The summed E-state index contributed by atoms with van der Waals surface area (Å²) in [6.07, 6.45) is -0.101. The van der Waals surface area contributed by atoms with E-state index in [4.69, 9.17) is 9.47 Å². The van der Waals surface area contributed by atoms with Gasteiger partial charge in [-0.25, -0.2) is 4.79 Å². The van der Waals surface area contributed by atoms with Gasteiger partial charge in [0.15, 0.2) is 0 Å². The Morgan fingerprint density at radius 3 is 2.69 bits per heavy atom. The number of aromatic amines is 1. The number of nitrogens with one attached hydrogen (secondary N) is 2. The Hall–Kier alpha value is -3.28. The van der Waals surface area contributed by atoms with E-state index in [1.165, 1.54) is 0 Å². The van der Waals surface area contributed by atoms with E-state index in [-0.39, 0.29) is 12.2 Å². The van der Waals surface area contributed by atoms with Crippen LogP contribution in [0.25, 0.3) is 10.9 Å². The topological polar surface area (TPSA) is 80.4 Å². The molecule has 1 amide bonds. The number of benzene rings is 2. The molecule has 0 saturated carbocycles. The van der Waals surface area contributed by atoms with Crippen molar-refractivity contribution in [3.63, 3.8) is 0 Å². The number of amides is 1. The standard InChI is InChI=1S/C20H20N2O4/c1-25-17-7-8-18-16(12-17)11-15(19(23)22-18)9-10-21-20(24)26-13-14-5-3-2-4-6-14/h2-8,11-12H,9-10,13H2,1H3,(H,21,24)(H,22,23). The van der Waals surface area contributed by atoms with E-state index in [1.807, 2.05) is 42.5 Å². The van der Waals surface area contributed by atoms with Crippen molar-refractivity contribution in [1.29, 1.82) is 0 Å². The highest BCUT2D eigenvalue weighted by Gasteiger charge is 2.06. The largest absolute Gasteiger partial charge is 0.497 e. The molecule has 0 unspecified atom stereocenters. The number of ether oxygens (including phenoxy) is 2. The van der Waals surface area contributed by atoms with E-state index in [0.717, 1.165) is 22.2 Å². The smallest absolute Gasteiger partial charge is 0.407 e. The van der Waals surface area contributed by atoms with Gasteiger partial charge in [0.1, 0.15) is 12.4 Å². The summed E-state index contributed by atoms with van der Waals surface area (Å²) in [5.74, 6) is 0.720. The molecule has 2 N–H and O–H groups in total. The number of H-pyrrole nitrogens is 1. The summed E-state index contributed by atoms with van der Waals surface area (Å²) in [5.41, 5.74) is 2.09. The minimum Gasteiger partial charge on any atom is -0.497 e. The van der Waals surface area contributed by atoms with Gasteiger partial charge in [0.2, 0.25) is 0 Å². The number of carbonyl (C=O) groups excluding carboxylic acids is 1. The van der Waals surface area contributed by atoms with Crippen molar-refractivity contribution < 1.29 is 14.3 Å². The first kappa shape index (κ1) is 17.5. The van der Waals surface area contributed by atoms with Gasteiger partial charge in [-0.1, -0.05) is 30.3 Å². The number of hydrogen-bond acceptors (Lipinski definition) is 4. The molecule has 6 heteroatoms. The first-order valence-corrected chi connectivity index (χ1v) is 8.30. The number of rotatable bonds is 6. The monoisotopic (exact) mass is 352 g/mol. The third kappa shape index (κ3) is 4.42. The van der Waals surface area contributed by atoms with Gasteiger partial charge in [-0.3, -0.25) is 4.79 Å². The lowest BCUT2D eigenvalue weighted by Crippen LogP contribution is -2.28. The Balaban J connectivity index is 1.56. The lowest BCUT2D eigenvalue weighted by atomic mass is 10.1. The summed E-state index contributed by atoms with van der Waals surface area (Å²) >= 11 is 0. The lowest BCUT2D eigenvalue weighted by Gasteiger charge is -2.08. The Labute approximate surface area is 150 Å². The molecule has 2 aromatic carbocycles. The fourth-order valence-corrected chi connectivity index (χ4v) is 2.62. The Morgan fingerprint density at radius 2 is 1.92 bits per heavy atom. The van der Waals surface area contributed by atoms with Gasteiger partial charge in [-0.05, 0) is 36.2 Å². The van der Waals surface area contributed by atoms with Crippen LogP contribution in [0.4, 0.5) is 4.79 Å². The molecule has 0 aliphatic rings. The van der Waals surface area contributed by atoms with Crippen LogP contribution in [-0.2, 0) is 17.8 Å². The molecule has 3 rings (SSSR count). The maximum Gasteiger partial charge on any atom is 0.407 e. The number of fused-ring (bicyclic) bond motifs is 1. The van der Waals surface area contributed by atoms with Crippen LogP contribution in [-0.4, -0.2) is 24.7 Å². The highest BCUT2D eigenvalue weighted by atomic mass is 16.5. The van der Waals surface area contributed by atoms with Crippen molar-refractivity contribution in [3.05, 3.63) is 76.1 Å². The van der Waals surface area contributed by atoms with Crippen molar-refractivity contribution in [1.82, 2.24) is 10.3 Å². The fraction of sp³-hybridized carbons (Fsp3) is 0.200. The van der Waals surface area contributed by atoms with Gasteiger partial charge >= 0.3 is 6.09 Å². The molecule has 0 saturated heterocycles. The molecule has 26 heavy (non-hydrogen) atoms. The van der Waals surface area contributed by atoms with Gasteiger partial charge < -0.3 is 19.8 Å². The lowest BCUT2D eigenvalue weighted by molar-refractivity contribution is 0.140. The second kappa shape index (κ2) is 8.20. The maximum absolute atomic E-state index is 12.1. The highest BCUT2D eigenvalue weighted by Crippen LogP contribution is 2.18. The predicted molar refractivity (Wildman–Crippen MR) is 99.5 cm³/mol. The van der Waals surface area contributed by atoms with Gasteiger partial charge in [0, 0.05) is 23.0 Å². The average molecular weight is 352 g/mol. The van der Waals surface area contributed by atoms with Gasteiger partial charge in [0.05, 0.1) is 7.11 Å². The van der Waals surface area contributed by atoms with Crippen LogP contribution in [0.1, 0.15) is 11.1 Å². The SMILES string of the molecule is COc1ccc2[nH]c(=O)c(CCNC(=O)OCc3ccccc3)cc2c1. The molecular formula is C20H20N2O4. The Kier molecular flexibility index (Phi) is 5.53. The number of carbonyl (C=O) groups is 1. The molecule has 0 spiro atoms. The molecule has 0 aliphatic carbocycles. The van der Waals surface area contributed by atoms with Crippen LogP contribution in [0.15, 0.2) is 59.4 Å². The molecule has 0 fully saturated rings. The van der Waals surface area contributed by atoms with Crippen LogP contribution in [0.2, 0.25) is 0 Å². The Morgan fingerprint density at radius 1 is 1.12 bits per heavy atom. The highest BCUT2D eigenvalue weighted by molar-refractivity contribution is 5.80. The molecule has 3 aromatic rings. The molecule has 134 valence electrons. The third-order valence-corrected chi connectivity index (χ3v) is 4.00. The quantitative estimate of drug-likeness (QED) is 0.715. The van der Waals surface area contributed by atoms with Crippen LogP contribution < -0.4 is 15.6 Å². The number of alkyl carbamates (subject to hydrolysis) is 1. The average Bonchev–Trinajstić information content (AvgIpc) is 2.67. The van der Waals surface area contributed by atoms with Crippen molar-refractivity contribution in [3.8, 4) is 5.75 Å². The summed E-state index contributed by atoms with van der Waals surface area (Å²) in [7, 11) is 1.60. The van der Waals surface area contributed by atoms with E-state index >= 15 is 0 Å². The normalized spacial score (nSPS) is 10.5. The van der Waals surface area contributed by atoms with Crippen molar-refractivity contribution >= 4 is 17.0 Å². The fourth-order valence-electron chi connectivity index (χ4n) is 2.62. The molecule has 1 aromatic heterocycles. The minimum absolute atomic E-state index is 0.165. The summed E-state index contributed by atoms with van der Waals surface area (Å²) in [4.78, 5) is 26.7. The third-order valence-electron chi connectivity index (χ3n) is 4.00. The number of aromatic nitrogens is 1. The van der Waals surface area contributed by atoms with E-state index in [0.29, 0.717) is 18.5 Å². The van der Waals surface area contributed by atoms with E-state index in [9.17, 15) is 9.59 Å². The zero-order valence-corrected chi connectivity index (χ0v) is 14.5. The maximum atomic E-state index is 12.1. The number of hydrogen-bond donors (Lipinski definition) is 2. The van der Waals surface area contributed by atoms with Crippen molar-refractivity contribution in [2.75, 3.05) is 13.7 Å². The molecule has 6 nitrogen and oxygen atoms in total. The number of methoxy groups -OCH3 is 1. The minimum atomic E-state index is -0.507. The first-order chi connectivity index (χ1) is 12.7. The second-order valence-electron chi connectivity index (χ2n) is 5.82. The summed E-state index contributed by atoms with van der Waals surface area (Å²) in [6, 6.07) is 16.7. The van der Waals surface area contributed by atoms with Crippen molar-refractivity contribution in [2.24, 2.45) is 0 Å². The van der Waals surface area contributed by atoms with Gasteiger partial charge in [-0.2, -0.15) is 0 Å². The molecule has 0 radical (unpaired) electrons. The van der Waals surface area contributed by atoms with Gasteiger partial charge in [-0.15, -0.1) is 0 Å². The molecule has 0 aliphatic heterocycles. The first-order valence-electron chi connectivity index (χ1n) is 8.30. The van der Waals surface area contributed by atoms with E-state index < -0.39 is 6.09 Å².